The smallest absolute Gasteiger partial charge is 0.254 e. The Morgan fingerprint density at radius 2 is 1.89 bits per heavy atom. The molecule has 0 saturated heterocycles. The largest absolute Gasteiger partial charge is 0.439 e. The molecular weight excluding hydrogens is 364 g/mol. The third kappa shape index (κ3) is 3.72. The van der Waals surface area contributed by atoms with E-state index in [1.807, 2.05) is 38.3 Å². The number of rotatable bonds is 5. The Hall–Kier alpha value is -3.07. The number of carbonyl (C=O) groups is 1. The van der Waals surface area contributed by atoms with E-state index < -0.39 is 5.91 Å². The number of hydrogen-bond acceptors (Lipinski definition) is 7. The molecule has 0 atom stereocenters. The van der Waals surface area contributed by atoms with E-state index in [1.165, 1.54) is 22.0 Å². The van der Waals surface area contributed by atoms with Gasteiger partial charge in [0, 0.05) is 6.07 Å². The standard InChI is InChI=1S/C18H20N6O2S/c1-9-5-6-12(7-10(9)2)26-14-8-13(21-18(22-14)27-4)24-16(19)15(17(20)25)11(3)23-24/h5-8H,19H2,1-4H3,(H2,20,25). The molecule has 1 aromatic carbocycles. The fourth-order valence-electron chi connectivity index (χ4n) is 2.57. The first kappa shape index (κ1) is 18.7. The van der Waals surface area contributed by atoms with Crippen LogP contribution in [0.3, 0.4) is 0 Å². The molecule has 2 heterocycles. The topological polar surface area (TPSA) is 122 Å². The fourth-order valence-corrected chi connectivity index (χ4v) is 2.93. The van der Waals surface area contributed by atoms with E-state index in [0.717, 1.165) is 5.56 Å². The maximum Gasteiger partial charge on any atom is 0.254 e. The molecule has 0 bridgehead atoms. The number of nitrogen functional groups attached to an aromatic ring is 1. The summed E-state index contributed by atoms with van der Waals surface area (Å²) in [6, 6.07) is 7.41. The van der Waals surface area contributed by atoms with E-state index >= 15 is 0 Å². The molecular formula is C18H20N6O2S. The van der Waals surface area contributed by atoms with Gasteiger partial charge in [-0.3, -0.25) is 4.79 Å². The van der Waals surface area contributed by atoms with Gasteiger partial charge in [0.05, 0.1) is 5.69 Å². The molecule has 8 nitrogen and oxygen atoms in total. The molecule has 0 aliphatic rings. The number of thioether (sulfide) groups is 1. The second kappa shape index (κ2) is 7.28. The number of carbonyl (C=O) groups excluding carboxylic acids is 1. The minimum absolute atomic E-state index is 0.128. The average molecular weight is 384 g/mol. The number of aromatic nitrogens is 4. The van der Waals surface area contributed by atoms with Crippen LogP contribution in [-0.4, -0.2) is 31.9 Å². The van der Waals surface area contributed by atoms with Crippen LogP contribution in [0.1, 0.15) is 27.2 Å². The molecule has 3 aromatic rings. The Bertz CT molecular complexity index is 1030. The molecule has 1 amide bonds. The lowest BCUT2D eigenvalue weighted by Gasteiger charge is -2.10. The molecule has 0 radical (unpaired) electrons. The third-order valence-electron chi connectivity index (χ3n) is 4.11. The van der Waals surface area contributed by atoms with Crippen molar-refractivity contribution in [3.63, 3.8) is 0 Å². The van der Waals surface area contributed by atoms with Gasteiger partial charge in [0.2, 0.25) is 5.88 Å². The minimum atomic E-state index is -0.637. The van der Waals surface area contributed by atoms with Crippen molar-refractivity contribution in [2.24, 2.45) is 5.73 Å². The lowest BCUT2D eigenvalue weighted by Crippen LogP contribution is -2.14. The Kier molecular flexibility index (Phi) is 5.04. The van der Waals surface area contributed by atoms with Crippen molar-refractivity contribution in [2.75, 3.05) is 12.0 Å². The number of anilines is 1. The molecule has 9 heteroatoms. The molecule has 140 valence electrons. The molecule has 2 aromatic heterocycles. The van der Waals surface area contributed by atoms with Crippen molar-refractivity contribution in [1.29, 1.82) is 0 Å². The van der Waals surface area contributed by atoms with E-state index in [1.54, 1.807) is 13.0 Å². The van der Waals surface area contributed by atoms with Gasteiger partial charge in [0.1, 0.15) is 17.1 Å². The number of benzene rings is 1. The molecule has 0 saturated carbocycles. The van der Waals surface area contributed by atoms with Crippen LogP contribution >= 0.6 is 11.8 Å². The predicted octanol–water partition coefficient (Wildman–Crippen LogP) is 2.78. The van der Waals surface area contributed by atoms with E-state index in [0.29, 0.717) is 28.3 Å². The molecule has 0 unspecified atom stereocenters. The summed E-state index contributed by atoms with van der Waals surface area (Å²) in [6.07, 6.45) is 1.85. The molecule has 27 heavy (non-hydrogen) atoms. The van der Waals surface area contributed by atoms with Crippen molar-refractivity contribution in [2.45, 2.75) is 25.9 Å². The van der Waals surface area contributed by atoms with Crippen LogP contribution in [0.2, 0.25) is 0 Å². The van der Waals surface area contributed by atoms with Crippen molar-refractivity contribution >= 4 is 23.5 Å². The lowest BCUT2D eigenvalue weighted by molar-refractivity contribution is 0.100. The molecule has 0 aliphatic carbocycles. The Balaban J connectivity index is 2.05. The number of primary amides is 1. The highest BCUT2D eigenvalue weighted by Gasteiger charge is 2.20. The molecule has 4 N–H and O–H groups in total. The van der Waals surface area contributed by atoms with Crippen molar-refractivity contribution < 1.29 is 9.53 Å². The predicted molar refractivity (Wildman–Crippen MR) is 105 cm³/mol. The first-order chi connectivity index (χ1) is 12.8. The van der Waals surface area contributed by atoms with E-state index in [2.05, 4.69) is 15.1 Å². The zero-order chi connectivity index (χ0) is 19.7. The normalized spacial score (nSPS) is 10.8. The molecule has 0 spiro atoms. The van der Waals surface area contributed by atoms with Crippen molar-refractivity contribution in [3.8, 4) is 17.4 Å². The molecule has 0 fully saturated rings. The first-order valence-corrected chi connectivity index (χ1v) is 9.36. The minimum Gasteiger partial charge on any atom is -0.439 e. The number of nitrogens with two attached hydrogens (primary N) is 2. The SMILES string of the molecule is CSc1nc(Oc2ccc(C)c(C)c2)cc(-n2nc(C)c(C(N)=O)c2N)n1. The quantitative estimate of drug-likeness (QED) is 0.512. The van der Waals surface area contributed by atoms with Gasteiger partial charge in [-0.05, 0) is 50.3 Å². The Morgan fingerprint density at radius 3 is 2.48 bits per heavy atom. The monoisotopic (exact) mass is 384 g/mol. The van der Waals surface area contributed by atoms with Gasteiger partial charge in [-0.2, -0.15) is 14.8 Å². The summed E-state index contributed by atoms with van der Waals surface area (Å²) >= 11 is 1.36. The fraction of sp³-hybridized carbons (Fsp3) is 0.222. The highest BCUT2D eigenvalue weighted by molar-refractivity contribution is 7.98. The molecule has 0 aliphatic heterocycles. The van der Waals surface area contributed by atoms with Gasteiger partial charge >= 0.3 is 0 Å². The summed E-state index contributed by atoms with van der Waals surface area (Å²) in [5.74, 6) is 0.893. The van der Waals surface area contributed by atoms with Crippen LogP contribution in [0.15, 0.2) is 29.4 Å². The third-order valence-corrected chi connectivity index (χ3v) is 4.66. The Morgan fingerprint density at radius 1 is 1.15 bits per heavy atom. The van der Waals surface area contributed by atoms with Crippen molar-refractivity contribution in [1.82, 2.24) is 19.7 Å². The first-order valence-electron chi connectivity index (χ1n) is 8.13. The maximum absolute atomic E-state index is 11.6. The number of nitrogens with zero attached hydrogens (tertiary/aromatic N) is 4. The van der Waals surface area contributed by atoms with Crippen LogP contribution in [0.25, 0.3) is 5.82 Å². The maximum atomic E-state index is 11.6. The van der Waals surface area contributed by atoms with E-state index in [-0.39, 0.29) is 11.4 Å². The van der Waals surface area contributed by atoms with Gasteiger partial charge in [0.25, 0.3) is 5.91 Å². The lowest BCUT2D eigenvalue weighted by atomic mass is 10.1. The van der Waals surface area contributed by atoms with Gasteiger partial charge < -0.3 is 16.2 Å². The number of aryl methyl sites for hydroxylation is 3. The number of hydrogen-bond donors (Lipinski definition) is 2. The summed E-state index contributed by atoms with van der Waals surface area (Å²) in [7, 11) is 0. The summed E-state index contributed by atoms with van der Waals surface area (Å²) < 4.78 is 7.27. The second-order valence-electron chi connectivity index (χ2n) is 6.02. The summed E-state index contributed by atoms with van der Waals surface area (Å²) in [5, 5.41) is 4.77. The van der Waals surface area contributed by atoms with Crippen LogP contribution < -0.4 is 16.2 Å². The zero-order valence-corrected chi connectivity index (χ0v) is 16.3. The summed E-state index contributed by atoms with van der Waals surface area (Å²) in [6.45, 7) is 5.71. The van der Waals surface area contributed by atoms with Gasteiger partial charge in [-0.1, -0.05) is 17.8 Å². The highest BCUT2D eigenvalue weighted by Crippen LogP contribution is 2.27. The highest BCUT2D eigenvalue weighted by atomic mass is 32.2. The summed E-state index contributed by atoms with van der Waals surface area (Å²) in [5.41, 5.74) is 14.3. The number of ether oxygens (including phenoxy) is 1. The Labute approximate surface area is 160 Å². The van der Waals surface area contributed by atoms with Crippen LogP contribution in [0.5, 0.6) is 11.6 Å². The van der Waals surface area contributed by atoms with E-state index in [4.69, 9.17) is 16.2 Å². The van der Waals surface area contributed by atoms with Gasteiger partial charge in [0.15, 0.2) is 11.0 Å². The van der Waals surface area contributed by atoms with Gasteiger partial charge in [-0.15, -0.1) is 0 Å². The van der Waals surface area contributed by atoms with Crippen molar-refractivity contribution in [3.05, 3.63) is 46.6 Å². The second-order valence-corrected chi connectivity index (χ2v) is 6.79. The number of amides is 1. The zero-order valence-electron chi connectivity index (χ0n) is 15.5. The van der Waals surface area contributed by atoms with Crippen LogP contribution in [-0.2, 0) is 0 Å². The molecule has 3 rings (SSSR count). The average Bonchev–Trinajstić information content (AvgIpc) is 2.92. The van der Waals surface area contributed by atoms with Crippen LogP contribution in [0, 0.1) is 20.8 Å². The van der Waals surface area contributed by atoms with Crippen LogP contribution in [0.4, 0.5) is 5.82 Å². The van der Waals surface area contributed by atoms with Gasteiger partial charge in [-0.25, -0.2) is 4.98 Å². The summed E-state index contributed by atoms with van der Waals surface area (Å²) in [4.78, 5) is 20.4. The van der Waals surface area contributed by atoms with E-state index in [9.17, 15) is 4.79 Å².